The van der Waals surface area contributed by atoms with Crippen LogP contribution in [0.2, 0.25) is 0 Å². The second-order valence-corrected chi connectivity index (χ2v) is 6.70. The lowest BCUT2D eigenvalue weighted by Crippen LogP contribution is -2.35. The van der Waals surface area contributed by atoms with Gasteiger partial charge in [0.1, 0.15) is 0 Å². The van der Waals surface area contributed by atoms with Crippen molar-refractivity contribution in [2.45, 2.75) is 33.1 Å². The summed E-state index contributed by atoms with van der Waals surface area (Å²) >= 11 is 0. The summed E-state index contributed by atoms with van der Waals surface area (Å²) in [5.74, 6) is -0.0524. The zero-order valence-electron chi connectivity index (χ0n) is 14.8. The fourth-order valence-corrected chi connectivity index (χ4v) is 3.15. The highest BCUT2D eigenvalue weighted by Crippen LogP contribution is 2.17. The van der Waals surface area contributed by atoms with E-state index in [1.165, 1.54) is 6.42 Å². The van der Waals surface area contributed by atoms with Crippen molar-refractivity contribution in [3.8, 4) is 0 Å². The predicted octanol–water partition coefficient (Wildman–Crippen LogP) is 4.18. The van der Waals surface area contributed by atoms with Gasteiger partial charge in [-0.2, -0.15) is 0 Å². The van der Waals surface area contributed by atoms with Crippen molar-refractivity contribution < 1.29 is 9.59 Å². The molecule has 0 radical (unpaired) electrons. The number of piperidine rings is 1. The van der Waals surface area contributed by atoms with E-state index in [-0.39, 0.29) is 11.8 Å². The van der Waals surface area contributed by atoms with E-state index in [2.05, 4.69) is 5.32 Å². The molecule has 0 aromatic heterocycles. The molecule has 4 heteroatoms. The van der Waals surface area contributed by atoms with E-state index >= 15 is 0 Å². The first-order chi connectivity index (χ1) is 12.0. The van der Waals surface area contributed by atoms with Crippen molar-refractivity contribution in [3.05, 3.63) is 64.7 Å². The molecule has 0 atom stereocenters. The predicted molar refractivity (Wildman–Crippen MR) is 100 cm³/mol. The maximum atomic E-state index is 12.5. The zero-order chi connectivity index (χ0) is 17.8. The van der Waals surface area contributed by atoms with Crippen LogP contribution in [0.25, 0.3) is 0 Å². The van der Waals surface area contributed by atoms with Crippen molar-refractivity contribution in [1.29, 1.82) is 0 Å². The number of anilines is 1. The summed E-state index contributed by atoms with van der Waals surface area (Å²) in [6.07, 6.45) is 3.36. The zero-order valence-corrected chi connectivity index (χ0v) is 14.8. The van der Waals surface area contributed by atoms with Crippen molar-refractivity contribution >= 4 is 17.5 Å². The normalized spacial score (nSPS) is 14.2. The highest BCUT2D eigenvalue weighted by Gasteiger charge is 2.18. The second kappa shape index (κ2) is 7.51. The van der Waals surface area contributed by atoms with Crippen LogP contribution in [-0.4, -0.2) is 29.8 Å². The number of hydrogen-bond donors (Lipinski definition) is 1. The Morgan fingerprint density at radius 3 is 2.28 bits per heavy atom. The van der Waals surface area contributed by atoms with Gasteiger partial charge in [-0.3, -0.25) is 9.59 Å². The molecule has 2 aromatic rings. The van der Waals surface area contributed by atoms with Crippen molar-refractivity contribution in [3.63, 3.8) is 0 Å². The molecule has 0 bridgehead atoms. The number of carbonyl (C=O) groups is 2. The Kier molecular flexibility index (Phi) is 5.17. The van der Waals surface area contributed by atoms with Crippen LogP contribution in [0.5, 0.6) is 0 Å². The summed E-state index contributed by atoms with van der Waals surface area (Å²) in [6.45, 7) is 5.57. The molecule has 130 valence electrons. The topological polar surface area (TPSA) is 49.4 Å². The Morgan fingerprint density at radius 2 is 1.60 bits per heavy atom. The molecule has 4 nitrogen and oxygen atoms in total. The lowest BCUT2D eigenvalue weighted by atomic mass is 10.0. The van der Waals surface area contributed by atoms with Crippen molar-refractivity contribution in [2.75, 3.05) is 18.4 Å². The molecule has 0 unspecified atom stereocenters. The molecule has 1 heterocycles. The minimum Gasteiger partial charge on any atom is -0.339 e. The van der Waals surface area contributed by atoms with Crippen molar-refractivity contribution in [2.24, 2.45) is 0 Å². The molecule has 2 amide bonds. The molecule has 3 rings (SSSR count). The summed E-state index contributed by atoms with van der Waals surface area (Å²) < 4.78 is 0. The van der Waals surface area contributed by atoms with Gasteiger partial charge in [-0.05, 0) is 69.0 Å². The van der Waals surface area contributed by atoms with Crippen LogP contribution in [0.3, 0.4) is 0 Å². The molecular formula is C21H24N2O2. The number of aryl methyl sites for hydroxylation is 2. The van der Waals surface area contributed by atoms with Crippen LogP contribution in [0.1, 0.15) is 51.1 Å². The van der Waals surface area contributed by atoms with E-state index in [0.29, 0.717) is 16.8 Å². The van der Waals surface area contributed by atoms with Crippen LogP contribution in [0, 0.1) is 13.8 Å². The Morgan fingerprint density at radius 1 is 0.920 bits per heavy atom. The number of nitrogens with zero attached hydrogens (tertiary/aromatic N) is 1. The Labute approximate surface area is 148 Å². The smallest absolute Gasteiger partial charge is 0.255 e. The minimum atomic E-state index is -0.128. The first-order valence-electron chi connectivity index (χ1n) is 8.82. The lowest BCUT2D eigenvalue weighted by molar-refractivity contribution is 0.0724. The molecule has 1 aliphatic rings. The van der Waals surface area contributed by atoms with Gasteiger partial charge in [0, 0.05) is 29.9 Å². The van der Waals surface area contributed by atoms with Gasteiger partial charge >= 0.3 is 0 Å². The SMILES string of the molecule is Cc1ccc(C)c(C(=O)Nc2ccc(C(=O)N3CCCCC3)cc2)c1. The first-order valence-corrected chi connectivity index (χ1v) is 8.82. The molecule has 0 spiro atoms. The third-order valence-corrected chi connectivity index (χ3v) is 4.67. The number of carbonyl (C=O) groups excluding carboxylic acids is 2. The third-order valence-electron chi connectivity index (χ3n) is 4.67. The fourth-order valence-electron chi connectivity index (χ4n) is 3.15. The highest BCUT2D eigenvalue weighted by atomic mass is 16.2. The van der Waals surface area contributed by atoms with E-state index in [9.17, 15) is 9.59 Å². The van der Waals surface area contributed by atoms with Gasteiger partial charge in [0.05, 0.1) is 0 Å². The Hall–Kier alpha value is -2.62. The second-order valence-electron chi connectivity index (χ2n) is 6.70. The Bertz CT molecular complexity index is 775. The molecule has 25 heavy (non-hydrogen) atoms. The molecule has 1 fully saturated rings. The third kappa shape index (κ3) is 4.08. The van der Waals surface area contributed by atoms with Gasteiger partial charge in [-0.25, -0.2) is 0 Å². The van der Waals surface area contributed by atoms with Gasteiger partial charge < -0.3 is 10.2 Å². The van der Waals surface area contributed by atoms with Crippen molar-refractivity contribution in [1.82, 2.24) is 4.90 Å². The van der Waals surface area contributed by atoms with E-state index in [4.69, 9.17) is 0 Å². The highest BCUT2D eigenvalue weighted by molar-refractivity contribution is 6.05. The largest absolute Gasteiger partial charge is 0.339 e. The molecule has 1 saturated heterocycles. The molecule has 0 aliphatic carbocycles. The van der Waals surface area contributed by atoms with E-state index in [1.807, 2.05) is 36.9 Å². The van der Waals surface area contributed by atoms with Crippen LogP contribution >= 0.6 is 0 Å². The van der Waals surface area contributed by atoms with Crippen LogP contribution < -0.4 is 5.32 Å². The van der Waals surface area contributed by atoms with Gasteiger partial charge in [-0.1, -0.05) is 17.7 Å². The number of nitrogens with one attached hydrogen (secondary N) is 1. The summed E-state index contributed by atoms with van der Waals surface area (Å²) in [5, 5.41) is 2.91. The fraction of sp³-hybridized carbons (Fsp3) is 0.333. The van der Waals surface area contributed by atoms with Gasteiger partial charge in [0.25, 0.3) is 11.8 Å². The van der Waals surface area contributed by atoms with Crippen LogP contribution in [0.15, 0.2) is 42.5 Å². The number of amides is 2. The van der Waals surface area contributed by atoms with E-state index < -0.39 is 0 Å². The summed E-state index contributed by atoms with van der Waals surface area (Å²) in [5.41, 5.74) is 4.04. The first kappa shape index (κ1) is 17.2. The van der Waals surface area contributed by atoms with E-state index in [1.54, 1.807) is 24.3 Å². The van der Waals surface area contributed by atoms with Gasteiger partial charge in [0.2, 0.25) is 0 Å². The van der Waals surface area contributed by atoms with Gasteiger partial charge in [-0.15, -0.1) is 0 Å². The minimum absolute atomic E-state index is 0.0760. The van der Waals surface area contributed by atoms with Gasteiger partial charge in [0.15, 0.2) is 0 Å². The number of likely N-dealkylation sites (tertiary alicyclic amines) is 1. The quantitative estimate of drug-likeness (QED) is 0.914. The standard InChI is InChI=1S/C21H24N2O2/c1-15-6-7-16(2)19(14-15)20(24)22-18-10-8-17(9-11-18)21(25)23-12-4-3-5-13-23/h6-11,14H,3-5,12-13H2,1-2H3,(H,22,24). The molecular weight excluding hydrogens is 312 g/mol. The summed E-state index contributed by atoms with van der Waals surface area (Å²) in [4.78, 5) is 26.9. The maximum absolute atomic E-state index is 12.5. The lowest BCUT2D eigenvalue weighted by Gasteiger charge is -2.26. The number of hydrogen-bond acceptors (Lipinski definition) is 2. The average molecular weight is 336 g/mol. The molecule has 0 saturated carbocycles. The van der Waals surface area contributed by atoms with E-state index in [0.717, 1.165) is 37.1 Å². The van der Waals surface area contributed by atoms with Crippen LogP contribution in [-0.2, 0) is 0 Å². The van der Waals surface area contributed by atoms with Crippen LogP contribution in [0.4, 0.5) is 5.69 Å². The number of rotatable bonds is 3. The monoisotopic (exact) mass is 336 g/mol. The molecule has 1 aliphatic heterocycles. The molecule has 2 aromatic carbocycles. The Balaban J connectivity index is 1.69. The maximum Gasteiger partial charge on any atom is 0.255 e. The summed E-state index contributed by atoms with van der Waals surface area (Å²) in [6, 6.07) is 13.0. The molecule has 1 N–H and O–H groups in total. The number of benzene rings is 2. The average Bonchev–Trinajstić information content (AvgIpc) is 2.64. The summed E-state index contributed by atoms with van der Waals surface area (Å²) in [7, 11) is 0.